The highest BCUT2D eigenvalue weighted by molar-refractivity contribution is 7.09. The second kappa shape index (κ2) is 6.82. The molecule has 2 heterocycles. The summed E-state index contributed by atoms with van der Waals surface area (Å²) in [6.45, 7) is 10.6. The Labute approximate surface area is 121 Å². The van der Waals surface area contributed by atoms with Crippen LogP contribution in [0.3, 0.4) is 0 Å². The fourth-order valence-electron chi connectivity index (χ4n) is 2.93. The molecule has 0 spiro atoms. The fraction of sp³-hybridized carbons (Fsp3) is 0.800. The molecule has 0 bridgehead atoms. The standard InChI is InChI=1S/C15H27N3S/c1-4-7-16-13(12-14-17-8-11-19-14)15(2,3)18-9-5-6-10-18/h8,11,13,16H,4-7,9-10,12H2,1-3H3. The molecule has 0 aromatic carbocycles. The Balaban J connectivity index is 2.06. The molecular formula is C15H27N3S. The maximum absolute atomic E-state index is 4.46. The number of rotatable bonds is 7. The Morgan fingerprint density at radius 1 is 1.42 bits per heavy atom. The largest absolute Gasteiger partial charge is 0.312 e. The minimum atomic E-state index is 0.206. The molecule has 1 aliphatic rings. The monoisotopic (exact) mass is 281 g/mol. The van der Waals surface area contributed by atoms with Crippen molar-refractivity contribution in [3.8, 4) is 0 Å². The second-order valence-electron chi connectivity index (χ2n) is 5.98. The molecule has 0 aliphatic carbocycles. The summed E-state index contributed by atoms with van der Waals surface area (Å²) in [6.07, 6.45) is 6.84. The summed E-state index contributed by atoms with van der Waals surface area (Å²) >= 11 is 1.77. The van der Waals surface area contributed by atoms with E-state index < -0.39 is 0 Å². The average Bonchev–Trinajstić information content (AvgIpc) is 3.06. The van der Waals surface area contributed by atoms with Crippen LogP contribution >= 0.6 is 11.3 Å². The lowest BCUT2D eigenvalue weighted by molar-refractivity contribution is 0.106. The minimum Gasteiger partial charge on any atom is -0.312 e. The molecule has 1 aromatic rings. The molecule has 1 aromatic heterocycles. The predicted octanol–water partition coefficient (Wildman–Crippen LogP) is 2.93. The van der Waals surface area contributed by atoms with Gasteiger partial charge in [-0.3, -0.25) is 4.90 Å². The van der Waals surface area contributed by atoms with Gasteiger partial charge in [-0.05, 0) is 52.7 Å². The van der Waals surface area contributed by atoms with Gasteiger partial charge >= 0.3 is 0 Å². The third-order valence-electron chi connectivity index (χ3n) is 4.28. The first kappa shape index (κ1) is 14.9. The van der Waals surface area contributed by atoms with Crippen molar-refractivity contribution in [3.63, 3.8) is 0 Å². The molecule has 19 heavy (non-hydrogen) atoms. The fourth-order valence-corrected chi connectivity index (χ4v) is 3.60. The molecule has 1 atom stereocenters. The van der Waals surface area contributed by atoms with Gasteiger partial charge in [0.1, 0.15) is 0 Å². The zero-order valence-electron chi connectivity index (χ0n) is 12.5. The highest BCUT2D eigenvalue weighted by Gasteiger charge is 2.36. The first-order valence-electron chi connectivity index (χ1n) is 7.51. The van der Waals surface area contributed by atoms with Gasteiger partial charge in [-0.2, -0.15) is 0 Å². The molecule has 0 amide bonds. The SMILES string of the molecule is CCCNC(Cc1nccs1)C(C)(C)N1CCCC1. The third-order valence-corrected chi connectivity index (χ3v) is 5.08. The van der Waals surface area contributed by atoms with Crippen LogP contribution in [0.15, 0.2) is 11.6 Å². The van der Waals surface area contributed by atoms with E-state index in [2.05, 4.69) is 41.4 Å². The molecule has 1 N–H and O–H groups in total. The smallest absolute Gasteiger partial charge is 0.0941 e. The van der Waals surface area contributed by atoms with Gasteiger partial charge in [-0.1, -0.05) is 6.92 Å². The van der Waals surface area contributed by atoms with Crippen molar-refractivity contribution in [2.24, 2.45) is 0 Å². The highest BCUT2D eigenvalue weighted by Crippen LogP contribution is 2.26. The summed E-state index contributed by atoms with van der Waals surface area (Å²) in [7, 11) is 0. The zero-order chi connectivity index (χ0) is 13.7. The summed E-state index contributed by atoms with van der Waals surface area (Å²) in [6, 6.07) is 0.483. The van der Waals surface area contributed by atoms with Gasteiger partial charge in [0.05, 0.1) is 5.01 Å². The van der Waals surface area contributed by atoms with Crippen molar-refractivity contribution in [2.45, 2.75) is 58.0 Å². The van der Waals surface area contributed by atoms with Crippen LogP contribution in [-0.2, 0) is 6.42 Å². The van der Waals surface area contributed by atoms with E-state index in [1.165, 1.54) is 37.4 Å². The van der Waals surface area contributed by atoms with Gasteiger partial charge in [0, 0.05) is 29.6 Å². The van der Waals surface area contributed by atoms with E-state index in [0.29, 0.717) is 6.04 Å². The van der Waals surface area contributed by atoms with E-state index in [1.807, 2.05) is 6.20 Å². The van der Waals surface area contributed by atoms with Crippen LogP contribution in [0, 0.1) is 0 Å². The van der Waals surface area contributed by atoms with Crippen LogP contribution in [-0.4, -0.2) is 41.1 Å². The number of nitrogens with one attached hydrogen (secondary N) is 1. The summed E-state index contributed by atoms with van der Waals surface area (Å²) in [4.78, 5) is 7.11. The van der Waals surface area contributed by atoms with Gasteiger partial charge < -0.3 is 5.32 Å². The van der Waals surface area contributed by atoms with Crippen LogP contribution in [0.25, 0.3) is 0 Å². The van der Waals surface area contributed by atoms with E-state index in [0.717, 1.165) is 13.0 Å². The van der Waals surface area contributed by atoms with Gasteiger partial charge in [-0.25, -0.2) is 4.98 Å². The lowest BCUT2D eigenvalue weighted by Gasteiger charge is -2.42. The Morgan fingerprint density at radius 2 is 2.16 bits per heavy atom. The number of hydrogen-bond donors (Lipinski definition) is 1. The molecule has 108 valence electrons. The van der Waals surface area contributed by atoms with Crippen LogP contribution in [0.1, 0.15) is 45.0 Å². The van der Waals surface area contributed by atoms with E-state index >= 15 is 0 Å². The molecule has 1 fully saturated rings. The predicted molar refractivity (Wildman–Crippen MR) is 82.8 cm³/mol. The highest BCUT2D eigenvalue weighted by atomic mass is 32.1. The topological polar surface area (TPSA) is 28.2 Å². The Kier molecular flexibility index (Phi) is 5.37. The van der Waals surface area contributed by atoms with E-state index in [1.54, 1.807) is 11.3 Å². The van der Waals surface area contributed by atoms with Crippen LogP contribution in [0.4, 0.5) is 0 Å². The summed E-state index contributed by atoms with van der Waals surface area (Å²) < 4.78 is 0. The van der Waals surface area contributed by atoms with E-state index in [4.69, 9.17) is 0 Å². The molecule has 0 saturated carbocycles. The van der Waals surface area contributed by atoms with Gasteiger partial charge in [0.2, 0.25) is 0 Å². The normalized spacial score (nSPS) is 18.9. The molecule has 1 unspecified atom stereocenters. The summed E-state index contributed by atoms with van der Waals surface area (Å²) in [5.41, 5.74) is 0.206. The summed E-state index contributed by atoms with van der Waals surface area (Å²) in [5, 5.41) is 7.08. The Bertz CT molecular complexity index is 355. The maximum atomic E-state index is 4.46. The maximum Gasteiger partial charge on any atom is 0.0941 e. The van der Waals surface area contributed by atoms with Crippen LogP contribution in [0.5, 0.6) is 0 Å². The lowest BCUT2D eigenvalue weighted by atomic mass is 9.90. The molecule has 2 rings (SSSR count). The van der Waals surface area contributed by atoms with Crippen molar-refractivity contribution in [1.82, 2.24) is 15.2 Å². The van der Waals surface area contributed by atoms with Gasteiger partial charge in [-0.15, -0.1) is 11.3 Å². The molecule has 1 saturated heterocycles. The number of hydrogen-bond acceptors (Lipinski definition) is 4. The van der Waals surface area contributed by atoms with Crippen LogP contribution < -0.4 is 5.32 Å². The molecule has 1 aliphatic heterocycles. The van der Waals surface area contributed by atoms with Crippen molar-refractivity contribution in [3.05, 3.63) is 16.6 Å². The van der Waals surface area contributed by atoms with Gasteiger partial charge in [0.15, 0.2) is 0 Å². The number of nitrogens with zero attached hydrogens (tertiary/aromatic N) is 2. The van der Waals surface area contributed by atoms with E-state index in [-0.39, 0.29) is 5.54 Å². The van der Waals surface area contributed by atoms with Gasteiger partial charge in [0.25, 0.3) is 0 Å². The van der Waals surface area contributed by atoms with Crippen molar-refractivity contribution < 1.29 is 0 Å². The molecular weight excluding hydrogens is 254 g/mol. The Hall–Kier alpha value is -0.450. The second-order valence-corrected chi connectivity index (χ2v) is 6.96. The van der Waals surface area contributed by atoms with E-state index in [9.17, 15) is 0 Å². The summed E-state index contributed by atoms with van der Waals surface area (Å²) in [5.74, 6) is 0. The van der Waals surface area contributed by atoms with Crippen LogP contribution in [0.2, 0.25) is 0 Å². The lowest BCUT2D eigenvalue weighted by Crippen LogP contribution is -2.58. The molecule has 4 heteroatoms. The van der Waals surface area contributed by atoms with Crippen molar-refractivity contribution in [1.29, 1.82) is 0 Å². The molecule has 3 nitrogen and oxygen atoms in total. The number of aromatic nitrogens is 1. The minimum absolute atomic E-state index is 0.206. The number of thiazole rings is 1. The number of likely N-dealkylation sites (tertiary alicyclic amines) is 1. The van der Waals surface area contributed by atoms with Crippen molar-refractivity contribution >= 4 is 11.3 Å². The third kappa shape index (κ3) is 3.77. The van der Waals surface area contributed by atoms with Crippen molar-refractivity contribution in [2.75, 3.05) is 19.6 Å². The average molecular weight is 281 g/mol. The Morgan fingerprint density at radius 3 is 2.74 bits per heavy atom. The quantitative estimate of drug-likeness (QED) is 0.833. The first-order valence-corrected chi connectivity index (χ1v) is 8.39. The molecule has 0 radical (unpaired) electrons. The first-order chi connectivity index (χ1) is 9.14. The zero-order valence-corrected chi connectivity index (χ0v) is 13.3.